The number of aromatic nitrogens is 1. The van der Waals surface area contributed by atoms with Crippen molar-refractivity contribution in [2.75, 3.05) is 13.7 Å². The molecule has 1 amide bonds. The summed E-state index contributed by atoms with van der Waals surface area (Å²) in [4.78, 5) is 16.1. The zero-order valence-corrected chi connectivity index (χ0v) is 14.3. The van der Waals surface area contributed by atoms with Crippen molar-refractivity contribution < 1.29 is 14.3 Å². The van der Waals surface area contributed by atoms with Gasteiger partial charge in [0, 0.05) is 24.5 Å². The van der Waals surface area contributed by atoms with Gasteiger partial charge in [0.2, 0.25) is 5.91 Å². The van der Waals surface area contributed by atoms with Crippen LogP contribution >= 0.6 is 0 Å². The summed E-state index contributed by atoms with van der Waals surface area (Å²) >= 11 is 0. The number of pyridine rings is 1. The molecule has 1 aromatic heterocycles. The van der Waals surface area contributed by atoms with E-state index in [1.54, 1.807) is 19.5 Å². The minimum atomic E-state index is -0.0658. The molecule has 1 saturated heterocycles. The molecule has 1 aromatic carbocycles. The van der Waals surface area contributed by atoms with Crippen LogP contribution < -0.4 is 20.1 Å². The number of ether oxygens (including phenoxy) is 2. The van der Waals surface area contributed by atoms with Gasteiger partial charge in [-0.15, -0.1) is 0 Å². The predicted molar refractivity (Wildman–Crippen MR) is 94.4 cm³/mol. The van der Waals surface area contributed by atoms with E-state index in [9.17, 15) is 4.79 Å². The fraction of sp³-hybridized carbons (Fsp3) is 0.368. The third kappa shape index (κ3) is 4.70. The summed E-state index contributed by atoms with van der Waals surface area (Å²) in [6, 6.07) is 9.46. The highest BCUT2D eigenvalue weighted by molar-refractivity contribution is 5.82. The number of carbonyl (C=O) groups is 1. The van der Waals surface area contributed by atoms with Gasteiger partial charge in [-0.05, 0) is 43.1 Å². The zero-order chi connectivity index (χ0) is 17.5. The third-order valence-electron chi connectivity index (χ3n) is 4.19. The van der Waals surface area contributed by atoms with E-state index in [0.29, 0.717) is 24.7 Å². The van der Waals surface area contributed by atoms with Gasteiger partial charge in [0.15, 0.2) is 11.5 Å². The van der Waals surface area contributed by atoms with Crippen LogP contribution in [0, 0.1) is 0 Å². The first-order chi connectivity index (χ1) is 12.3. The van der Waals surface area contributed by atoms with Crippen molar-refractivity contribution in [1.29, 1.82) is 0 Å². The van der Waals surface area contributed by atoms with E-state index in [1.807, 2.05) is 30.3 Å². The van der Waals surface area contributed by atoms with E-state index < -0.39 is 0 Å². The van der Waals surface area contributed by atoms with Crippen LogP contribution in [-0.4, -0.2) is 30.6 Å². The maximum atomic E-state index is 12.1. The van der Waals surface area contributed by atoms with Gasteiger partial charge in [-0.25, -0.2) is 0 Å². The SMILES string of the molecule is COc1cc(CNC(=O)C2CCCN2)ccc1OCc1cccnc1. The van der Waals surface area contributed by atoms with E-state index >= 15 is 0 Å². The molecule has 3 rings (SSSR count). The zero-order valence-electron chi connectivity index (χ0n) is 14.3. The first-order valence-electron chi connectivity index (χ1n) is 8.46. The van der Waals surface area contributed by atoms with Crippen molar-refractivity contribution in [2.45, 2.75) is 32.0 Å². The molecule has 25 heavy (non-hydrogen) atoms. The lowest BCUT2D eigenvalue weighted by Gasteiger charge is -2.14. The van der Waals surface area contributed by atoms with Gasteiger partial charge < -0.3 is 20.1 Å². The Morgan fingerprint density at radius 3 is 2.96 bits per heavy atom. The van der Waals surface area contributed by atoms with Crippen molar-refractivity contribution in [3.05, 3.63) is 53.9 Å². The molecule has 0 saturated carbocycles. The number of hydrogen-bond acceptors (Lipinski definition) is 5. The van der Waals surface area contributed by atoms with Crippen molar-refractivity contribution >= 4 is 5.91 Å². The second-order valence-corrected chi connectivity index (χ2v) is 6.00. The van der Waals surface area contributed by atoms with Crippen LogP contribution in [0.2, 0.25) is 0 Å². The van der Waals surface area contributed by atoms with Gasteiger partial charge in [-0.1, -0.05) is 12.1 Å². The van der Waals surface area contributed by atoms with Crippen molar-refractivity contribution in [3.8, 4) is 11.5 Å². The van der Waals surface area contributed by atoms with Gasteiger partial charge in [0.05, 0.1) is 13.2 Å². The van der Waals surface area contributed by atoms with E-state index in [2.05, 4.69) is 15.6 Å². The van der Waals surface area contributed by atoms with Crippen LogP contribution in [0.5, 0.6) is 11.5 Å². The van der Waals surface area contributed by atoms with Gasteiger partial charge in [0.25, 0.3) is 0 Å². The minimum Gasteiger partial charge on any atom is -0.493 e. The Hall–Kier alpha value is -2.60. The highest BCUT2D eigenvalue weighted by atomic mass is 16.5. The van der Waals surface area contributed by atoms with Crippen LogP contribution in [0.15, 0.2) is 42.7 Å². The number of amides is 1. The Bertz CT molecular complexity index is 700. The fourth-order valence-corrected chi connectivity index (χ4v) is 2.81. The Morgan fingerprint density at radius 2 is 2.24 bits per heavy atom. The average molecular weight is 341 g/mol. The highest BCUT2D eigenvalue weighted by Crippen LogP contribution is 2.28. The van der Waals surface area contributed by atoms with Crippen LogP contribution in [0.4, 0.5) is 0 Å². The quantitative estimate of drug-likeness (QED) is 0.806. The van der Waals surface area contributed by atoms with Crippen LogP contribution in [0.25, 0.3) is 0 Å². The molecule has 1 atom stereocenters. The normalized spacial score (nSPS) is 16.4. The van der Waals surface area contributed by atoms with Crippen molar-refractivity contribution in [3.63, 3.8) is 0 Å². The number of rotatable bonds is 7. The second kappa shape index (κ2) is 8.48. The largest absolute Gasteiger partial charge is 0.493 e. The number of hydrogen-bond donors (Lipinski definition) is 2. The van der Waals surface area contributed by atoms with E-state index in [4.69, 9.17) is 9.47 Å². The maximum absolute atomic E-state index is 12.1. The van der Waals surface area contributed by atoms with Gasteiger partial charge in [-0.3, -0.25) is 9.78 Å². The monoisotopic (exact) mass is 341 g/mol. The highest BCUT2D eigenvalue weighted by Gasteiger charge is 2.21. The molecule has 6 heteroatoms. The average Bonchev–Trinajstić information content (AvgIpc) is 3.20. The molecular formula is C19H23N3O3. The molecule has 132 valence electrons. The Kier molecular flexibility index (Phi) is 5.85. The molecular weight excluding hydrogens is 318 g/mol. The molecule has 0 aliphatic carbocycles. The number of nitrogens with one attached hydrogen (secondary N) is 2. The number of nitrogens with zero attached hydrogens (tertiary/aromatic N) is 1. The molecule has 0 spiro atoms. The lowest BCUT2D eigenvalue weighted by atomic mass is 10.1. The second-order valence-electron chi connectivity index (χ2n) is 6.00. The topological polar surface area (TPSA) is 72.5 Å². The lowest BCUT2D eigenvalue weighted by Crippen LogP contribution is -2.39. The van der Waals surface area contributed by atoms with Crippen LogP contribution in [0.3, 0.4) is 0 Å². The molecule has 2 N–H and O–H groups in total. The summed E-state index contributed by atoms with van der Waals surface area (Å²) in [6.45, 7) is 1.80. The summed E-state index contributed by atoms with van der Waals surface area (Å²) in [5.41, 5.74) is 1.96. The molecule has 0 radical (unpaired) electrons. The minimum absolute atomic E-state index is 0.0494. The molecule has 1 unspecified atom stereocenters. The van der Waals surface area contributed by atoms with E-state index in [1.165, 1.54) is 0 Å². The molecule has 6 nitrogen and oxygen atoms in total. The Balaban J connectivity index is 1.58. The molecule has 1 aliphatic heterocycles. The molecule has 1 fully saturated rings. The number of carbonyl (C=O) groups excluding carboxylic acids is 1. The summed E-state index contributed by atoms with van der Waals surface area (Å²) in [7, 11) is 1.61. The van der Waals surface area contributed by atoms with Crippen molar-refractivity contribution in [1.82, 2.24) is 15.6 Å². The number of benzene rings is 1. The Morgan fingerprint density at radius 1 is 1.32 bits per heavy atom. The summed E-state index contributed by atoms with van der Waals surface area (Å²) in [5, 5.41) is 6.16. The summed E-state index contributed by atoms with van der Waals surface area (Å²) < 4.78 is 11.2. The number of methoxy groups -OCH3 is 1. The fourth-order valence-electron chi connectivity index (χ4n) is 2.81. The van der Waals surface area contributed by atoms with Gasteiger partial charge in [0.1, 0.15) is 6.61 Å². The van der Waals surface area contributed by atoms with E-state index in [-0.39, 0.29) is 11.9 Å². The van der Waals surface area contributed by atoms with E-state index in [0.717, 1.165) is 30.5 Å². The smallest absolute Gasteiger partial charge is 0.237 e. The molecule has 2 aromatic rings. The van der Waals surface area contributed by atoms with Crippen molar-refractivity contribution in [2.24, 2.45) is 0 Å². The molecule has 0 bridgehead atoms. The lowest BCUT2D eigenvalue weighted by molar-refractivity contribution is -0.122. The van der Waals surface area contributed by atoms with Crippen LogP contribution in [0.1, 0.15) is 24.0 Å². The predicted octanol–water partition coefficient (Wildman–Crippen LogP) is 2.04. The Labute approximate surface area is 147 Å². The first-order valence-corrected chi connectivity index (χ1v) is 8.46. The van der Waals surface area contributed by atoms with Gasteiger partial charge >= 0.3 is 0 Å². The first kappa shape index (κ1) is 17.2. The van der Waals surface area contributed by atoms with Crippen LogP contribution in [-0.2, 0) is 17.9 Å². The summed E-state index contributed by atoms with van der Waals surface area (Å²) in [5.74, 6) is 1.36. The van der Waals surface area contributed by atoms with Gasteiger partial charge in [-0.2, -0.15) is 0 Å². The maximum Gasteiger partial charge on any atom is 0.237 e. The molecule has 2 heterocycles. The molecule has 1 aliphatic rings. The standard InChI is InChI=1S/C19H23N3O3/c1-24-18-10-14(12-22-19(23)16-5-3-9-21-16)6-7-17(18)25-13-15-4-2-8-20-11-15/h2,4,6-8,10-11,16,21H,3,5,9,12-13H2,1H3,(H,22,23). The summed E-state index contributed by atoms with van der Waals surface area (Å²) in [6.07, 6.45) is 5.45. The third-order valence-corrected chi connectivity index (χ3v) is 4.19.